The highest BCUT2D eigenvalue weighted by molar-refractivity contribution is 9.10. The molecule has 2 unspecified atom stereocenters. The van der Waals surface area contributed by atoms with Crippen LogP contribution in [0, 0.1) is 6.92 Å². The van der Waals surface area contributed by atoms with Crippen molar-refractivity contribution in [2.75, 3.05) is 13.1 Å². The minimum atomic E-state index is -3.50. The molecule has 0 radical (unpaired) electrons. The van der Waals surface area contributed by atoms with Gasteiger partial charge in [-0.15, -0.1) is 0 Å². The third-order valence-corrected chi connectivity index (χ3v) is 7.92. The van der Waals surface area contributed by atoms with Gasteiger partial charge in [-0.2, -0.15) is 16.1 Å². The van der Waals surface area contributed by atoms with E-state index in [0.717, 1.165) is 11.1 Å². The average molecular weight is 393 g/mol. The molecule has 4 nitrogen and oxygen atoms in total. The van der Waals surface area contributed by atoms with E-state index >= 15 is 0 Å². The second kappa shape index (κ2) is 6.58. The SMILES string of the molecule is Cc1cc(CN)cc(S(=O)(=O)N2CC(C)SC(C)C2)c1Br. The van der Waals surface area contributed by atoms with Gasteiger partial charge in [0.05, 0.1) is 4.90 Å². The van der Waals surface area contributed by atoms with Crippen LogP contribution in [0.5, 0.6) is 0 Å². The van der Waals surface area contributed by atoms with Gasteiger partial charge in [-0.3, -0.25) is 0 Å². The maximum atomic E-state index is 13.0. The lowest BCUT2D eigenvalue weighted by molar-refractivity contribution is 0.404. The van der Waals surface area contributed by atoms with E-state index in [1.165, 1.54) is 0 Å². The fourth-order valence-electron chi connectivity index (χ4n) is 2.58. The van der Waals surface area contributed by atoms with Crippen LogP contribution in [0.3, 0.4) is 0 Å². The molecule has 2 N–H and O–H groups in total. The molecule has 2 rings (SSSR count). The van der Waals surface area contributed by atoms with E-state index in [1.54, 1.807) is 10.4 Å². The number of thioether (sulfide) groups is 1. The van der Waals surface area contributed by atoms with E-state index in [2.05, 4.69) is 29.8 Å². The summed E-state index contributed by atoms with van der Waals surface area (Å²) < 4.78 is 28.2. The summed E-state index contributed by atoms with van der Waals surface area (Å²) in [6, 6.07) is 3.60. The Balaban J connectivity index is 2.46. The van der Waals surface area contributed by atoms with Gasteiger partial charge < -0.3 is 5.73 Å². The number of halogens is 1. The van der Waals surface area contributed by atoms with Crippen LogP contribution in [0.15, 0.2) is 21.5 Å². The average Bonchev–Trinajstić information content (AvgIpc) is 2.40. The highest BCUT2D eigenvalue weighted by Crippen LogP contribution is 2.33. The number of nitrogens with zero attached hydrogens (tertiary/aromatic N) is 1. The number of benzene rings is 1. The maximum Gasteiger partial charge on any atom is 0.244 e. The van der Waals surface area contributed by atoms with Crippen LogP contribution in [-0.2, 0) is 16.6 Å². The predicted molar refractivity (Wildman–Crippen MR) is 92.0 cm³/mol. The lowest BCUT2D eigenvalue weighted by Gasteiger charge is -2.34. The van der Waals surface area contributed by atoms with E-state index in [0.29, 0.717) is 39.5 Å². The first-order valence-electron chi connectivity index (χ1n) is 6.90. The highest BCUT2D eigenvalue weighted by atomic mass is 79.9. The van der Waals surface area contributed by atoms with Gasteiger partial charge in [0.25, 0.3) is 0 Å². The molecule has 0 bridgehead atoms. The van der Waals surface area contributed by atoms with Gasteiger partial charge in [0.2, 0.25) is 10.0 Å². The monoisotopic (exact) mass is 392 g/mol. The van der Waals surface area contributed by atoms with Crippen LogP contribution < -0.4 is 5.73 Å². The van der Waals surface area contributed by atoms with Crippen molar-refractivity contribution < 1.29 is 8.42 Å². The van der Waals surface area contributed by atoms with E-state index in [-0.39, 0.29) is 0 Å². The zero-order valence-corrected chi connectivity index (χ0v) is 15.7. The normalized spacial score (nSPS) is 24.2. The van der Waals surface area contributed by atoms with Crippen molar-refractivity contribution in [1.82, 2.24) is 4.31 Å². The smallest absolute Gasteiger partial charge is 0.244 e. The molecule has 0 amide bonds. The predicted octanol–water partition coefficient (Wildman–Crippen LogP) is 2.73. The summed E-state index contributed by atoms with van der Waals surface area (Å²) in [7, 11) is -3.50. The second-order valence-electron chi connectivity index (χ2n) is 5.51. The van der Waals surface area contributed by atoms with Crippen LogP contribution in [-0.4, -0.2) is 36.3 Å². The van der Waals surface area contributed by atoms with Crippen LogP contribution in [0.4, 0.5) is 0 Å². The summed E-state index contributed by atoms with van der Waals surface area (Å²) in [4.78, 5) is 0.328. The van der Waals surface area contributed by atoms with E-state index < -0.39 is 10.0 Å². The number of hydrogen-bond donors (Lipinski definition) is 1. The minimum absolute atomic E-state index is 0.307. The molecule has 1 fully saturated rings. The molecule has 1 aliphatic heterocycles. The summed E-state index contributed by atoms with van der Waals surface area (Å²) >= 11 is 5.26. The Kier molecular flexibility index (Phi) is 5.41. The molecule has 1 heterocycles. The molecule has 118 valence electrons. The van der Waals surface area contributed by atoms with Crippen LogP contribution >= 0.6 is 27.7 Å². The third kappa shape index (κ3) is 3.64. The molecule has 1 aromatic carbocycles. The van der Waals surface area contributed by atoms with Gasteiger partial charge in [0, 0.05) is 34.6 Å². The Morgan fingerprint density at radius 1 is 1.33 bits per heavy atom. The van der Waals surface area contributed by atoms with Crippen molar-refractivity contribution >= 4 is 37.7 Å². The van der Waals surface area contributed by atoms with Crippen molar-refractivity contribution in [3.63, 3.8) is 0 Å². The van der Waals surface area contributed by atoms with Crippen molar-refractivity contribution in [2.45, 2.75) is 42.7 Å². The lowest BCUT2D eigenvalue weighted by Crippen LogP contribution is -2.44. The van der Waals surface area contributed by atoms with Gasteiger partial charge in [-0.05, 0) is 40.0 Å². The number of rotatable bonds is 3. The van der Waals surface area contributed by atoms with Crippen LogP contribution in [0.1, 0.15) is 25.0 Å². The molecule has 2 atom stereocenters. The maximum absolute atomic E-state index is 13.0. The summed E-state index contributed by atoms with van der Waals surface area (Å²) in [6.45, 7) is 7.46. The molecule has 0 spiro atoms. The van der Waals surface area contributed by atoms with Gasteiger partial charge in [0.15, 0.2) is 0 Å². The molecule has 1 aliphatic rings. The molecule has 0 saturated carbocycles. The first-order valence-corrected chi connectivity index (χ1v) is 10.1. The van der Waals surface area contributed by atoms with E-state index in [9.17, 15) is 8.42 Å². The van der Waals surface area contributed by atoms with Crippen molar-refractivity contribution in [3.05, 3.63) is 27.7 Å². The van der Waals surface area contributed by atoms with Crippen molar-refractivity contribution in [1.29, 1.82) is 0 Å². The number of sulfonamides is 1. The third-order valence-electron chi connectivity index (χ3n) is 3.52. The van der Waals surface area contributed by atoms with Gasteiger partial charge in [0.1, 0.15) is 0 Å². The minimum Gasteiger partial charge on any atom is -0.326 e. The van der Waals surface area contributed by atoms with Crippen molar-refractivity contribution in [3.8, 4) is 0 Å². The van der Waals surface area contributed by atoms with E-state index in [4.69, 9.17) is 5.73 Å². The molecule has 1 aromatic rings. The summed E-state index contributed by atoms with van der Waals surface area (Å²) in [5.41, 5.74) is 7.40. The van der Waals surface area contributed by atoms with Crippen LogP contribution in [0.25, 0.3) is 0 Å². The first-order chi connectivity index (χ1) is 9.75. The molecule has 1 saturated heterocycles. The Labute approximate surface area is 139 Å². The zero-order valence-electron chi connectivity index (χ0n) is 12.5. The Hall–Kier alpha value is -0.0800. The summed E-state index contributed by atoms with van der Waals surface area (Å²) in [6.07, 6.45) is 0. The van der Waals surface area contributed by atoms with Crippen LogP contribution in [0.2, 0.25) is 0 Å². The number of hydrogen-bond acceptors (Lipinski definition) is 4. The number of aryl methyl sites for hydroxylation is 1. The largest absolute Gasteiger partial charge is 0.326 e. The highest BCUT2D eigenvalue weighted by Gasteiger charge is 2.33. The molecule has 7 heteroatoms. The molecular weight excluding hydrogens is 372 g/mol. The zero-order chi connectivity index (χ0) is 15.8. The quantitative estimate of drug-likeness (QED) is 0.858. The lowest BCUT2D eigenvalue weighted by atomic mass is 10.1. The molecule has 21 heavy (non-hydrogen) atoms. The summed E-state index contributed by atoms with van der Waals surface area (Å²) in [5.74, 6) is 0. The Bertz CT molecular complexity index is 624. The van der Waals surface area contributed by atoms with Crippen molar-refractivity contribution in [2.24, 2.45) is 5.73 Å². The van der Waals surface area contributed by atoms with Gasteiger partial charge >= 0.3 is 0 Å². The Morgan fingerprint density at radius 3 is 2.43 bits per heavy atom. The van der Waals surface area contributed by atoms with Gasteiger partial charge in [-0.1, -0.05) is 19.9 Å². The Morgan fingerprint density at radius 2 is 1.90 bits per heavy atom. The summed E-state index contributed by atoms with van der Waals surface area (Å²) in [5, 5.41) is 0.613. The fourth-order valence-corrected chi connectivity index (χ4v) is 6.74. The standard InChI is InChI=1S/C14H21BrN2O2S2/c1-9-4-12(6-16)5-13(14(9)15)21(18,19)17-7-10(2)20-11(3)8-17/h4-5,10-11H,6-8,16H2,1-3H3. The topological polar surface area (TPSA) is 63.4 Å². The molecular formula is C14H21BrN2O2S2. The second-order valence-corrected chi connectivity index (χ2v) is 10.1. The molecule has 0 aromatic heterocycles. The van der Waals surface area contributed by atoms with Gasteiger partial charge in [-0.25, -0.2) is 8.42 Å². The molecule has 0 aliphatic carbocycles. The fraction of sp³-hybridized carbons (Fsp3) is 0.571. The number of nitrogens with two attached hydrogens (primary N) is 1. The first kappa shape index (κ1) is 17.3. The van der Waals surface area contributed by atoms with E-state index in [1.807, 2.05) is 24.8 Å².